The second kappa shape index (κ2) is 10.4. The number of hydrogen-bond donors (Lipinski definition) is 1. The topological polar surface area (TPSA) is 55.9 Å². The molecule has 2 aromatic carbocycles. The van der Waals surface area contributed by atoms with Crippen molar-refractivity contribution in [1.82, 2.24) is 20.0 Å². The molecule has 0 bridgehead atoms. The van der Waals surface area contributed by atoms with Crippen LogP contribution in [0.4, 0.5) is 0 Å². The van der Waals surface area contributed by atoms with E-state index >= 15 is 0 Å². The summed E-state index contributed by atoms with van der Waals surface area (Å²) in [7, 11) is 3.58. The predicted molar refractivity (Wildman–Crippen MR) is 119 cm³/mol. The van der Waals surface area contributed by atoms with E-state index in [1.807, 2.05) is 41.1 Å². The molecule has 160 valence electrons. The summed E-state index contributed by atoms with van der Waals surface area (Å²) in [6, 6.07) is 16.0. The highest BCUT2D eigenvalue weighted by atomic mass is 16.2. The van der Waals surface area contributed by atoms with E-state index in [2.05, 4.69) is 41.4 Å². The van der Waals surface area contributed by atoms with Crippen LogP contribution in [0.15, 0.2) is 48.5 Å². The van der Waals surface area contributed by atoms with Crippen molar-refractivity contribution in [2.75, 3.05) is 46.8 Å². The Hall–Kier alpha value is -2.70. The average molecular weight is 409 g/mol. The summed E-state index contributed by atoms with van der Waals surface area (Å²) in [6.07, 6.45) is 0. The fourth-order valence-corrected chi connectivity index (χ4v) is 3.79. The number of benzene rings is 2. The highest BCUT2D eigenvalue weighted by Gasteiger charge is 2.22. The molecule has 0 spiro atoms. The lowest BCUT2D eigenvalue weighted by Crippen LogP contribution is -2.50. The fraction of sp³-hybridized carbons (Fsp3) is 0.417. The summed E-state index contributed by atoms with van der Waals surface area (Å²) < 4.78 is 0. The van der Waals surface area contributed by atoms with Gasteiger partial charge in [-0.2, -0.15) is 0 Å². The van der Waals surface area contributed by atoms with Crippen molar-refractivity contribution >= 4 is 11.8 Å². The van der Waals surface area contributed by atoms with Crippen LogP contribution in [0, 0.1) is 6.92 Å². The summed E-state index contributed by atoms with van der Waals surface area (Å²) >= 11 is 0. The zero-order valence-corrected chi connectivity index (χ0v) is 18.2. The minimum atomic E-state index is -0.0911. The van der Waals surface area contributed by atoms with Gasteiger partial charge in [0.1, 0.15) is 0 Å². The molecule has 0 aromatic heterocycles. The van der Waals surface area contributed by atoms with Gasteiger partial charge in [-0.1, -0.05) is 36.4 Å². The summed E-state index contributed by atoms with van der Waals surface area (Å²) in [6.45, 7) is 7.54. The average Bonchev–Trinajstić information content (AvgIpc) is 2.75. The molecule has 1 fully saturated rings. The number of piperazine rings is 1. The largest absolute Gasteiger partial charge is 0.355 e. The second-order valence-electron chi connectivity index (χ2n) is 8.03. The van der Waals surface area contributed by atoms with Gasteiger partial charge in [-0.25, -0.2) is 0 Å². The van der Waals surface area contributed by atoms with Gasteiger partial charge in [0.2, 0.25) is 5.91 Å². The minimum absolute atomic E-state index is 0.0911. The Morgan fingerprint density at radius 1 is 1.00 bits per heavy atom. The molecule has 2 aromatic rings. The highest BCUT2D eigenvalue weighted by molar-refractivity contribution is 5.93. The standard InChI is InChI=1S/C24H32N4O2/c1-19-6-4-5-7-22(19)17-27-12-14-28(15-13-27)23(29)18-26(3)16-20-8-10-21(11-9-20)24(30)25-2/h4-11H,12-18H2,1-3H3,(H,25,30). The lowest BCUT2D eigenvalue weighted by molar-refractivity contribution is -0.134. The predicted octanol–water partition coefficient (Wildman–Crippen LogP) is 2.13. The maximum Gasteiger partial charge on any atom is 0.251 e. The normalized spacial score (nSPS) is 14.7. The van der Waals surface area contributed by atoms with E-state index in [-0.39, 0.29) is 11.8 Å². The zero-order chi connectivity index (χ0) is 21.5. The number of hydrogen-bond acceptors (Lipinski definition) is 4. The maximum atomic E-state index is 12.7. The van der Waals surface area contributed by atoms with Crippen molar-refractivity contribution in [1.29, 1.82) is 0 Å². The Labute approximate surface area is 179 Å². The molecule has 0 saturated carbocycles. The molecule has 0 radical (unpaired) electrons. The molecule has 2 amide bonds. The highest BCUT2D eigenvalue weighted by Crippen LogP contribution is 2.13. The number of nitrogens with zero attached hydrogens (tertiary/aromatic N) is 3. The molecule has 3 rings (SSSR count). The van der Waals surface area contributed by atoms with E-state index in [1.54, 1.807) is 7.05 Å². The molecule has 0 aliphatic carbocycles. The minimum Gasteiger partial charge on any atom is -0.355 e. The van der Waals surface area contributed by atoms with Gasteiger partial charge in [0.25, 0.3) is 5.91 Å². The summed E-state index contributed by atoms with van der Waals surface area (Å²) in [5, 5.41) is 2.62. The number of amides is 2. The molecule has 6 heteroatoms. The number of likely N-dealkylation sites (N-methyl/N-ethyl adjacent to an activating group) is 1. The van der Waals surface area contributed by atoms with Crippen LogP contribution < -0.4 is 5.32 Å². The van der Waals surface area contributed by atoms with E-state index in [0.717, 1.165) is 38.3 Å². The van der Waals surface area contributed by atoms with Gasteiger partial charge in [-0.3, -0.25) is 19.4 Å². The van der Waals surface area contributed by atoms with Gasteiger partial charge < -0.3 is 10.2 Å². The summed E-state index contributed by atoms with van der Waals surface area (Å²) in [5.74, 6) is 0.0849. The van der Waals surface area contributed by atoms with Crippen LogP contribution in [0.5, 0.6) is 0 Å². The first kappa shape index (κ1) is 22.0. The van der Waals surface area contributed by atoms with Crippen LogP contribution in [-0.2, 0) is 17.9 Å². The quantitative estimate of drug-likeness (QED) is 0.763. The third-order valence-electron chi connectivity index (χ3n) is 5.68. The van der Waals surface area contributed by atoms with Crippen LogP contribution >= 0.6 is 0 Å². The first-order valence-corrected chi connectivity index (χ1v) is 10.5. The van der Waals surface area contributed by atoms with Gasteiger partial charge in [-0.15, -0.1) is 0 Å². The van der Waals surface area contributed by atoms with Crippen LogP contribution in [-0.4, -0.2) is 73.3 Å². The Morgan fingerprint density at radius 3 is 2.30 bits per heavy atom. The van der Waals surface area contributed by atoms with Gasteiger partial charge in [0.15, 0.2) is 0 Å². The van der Waals surface area contributed by atoms with Crippen LogP contribution in [0.2, 0.25) is 0 Å². The molecular formula is C24H32N4O2. The van der Waals surface area contributed by atoms with E-state index < -0.39 is 0 Å². The van der Waals surface area contributed by atoms with Gasteiger partial charge in [0.05, 0.1) is 6.54 Å². The third kappa shape index (κ3) is 5.90. The van der Waals surface area contributed by atoms with Gasteiger partial charge in [0, 0.05) is 51.9 Å². The van der Waals surface area contributed by atoms with E-state index in [4.69, 9.17) is 0 Å². The Bertz CT molecular complexity index is 858. The van der Waals surface area contributed by atoms with Crippen molar-refractivity contribution in [2.45, 2.75) is 20.0 Å². The lowest BCUT2D eigenvalue weighted by atomic mass is 10.1. The van der Waals surface area contributed by atoms with E-state index in [9.17, 15) is 9.59 Å². The smallest absolute Gasteiger partial charge is 0.251 e. The zero-order valence-electron chi connectivity index (χ0n) is 18.2. The van der Waals surface area contributed by atoms with Crippen LogP contribution in [0.3, 0.4) is 0 Å². The summed E-state index contributed by atoms with van der Waals surface area (Å²) in [4.78, 5) is 30.8. The number of carbonyl (C=O) groups excluding carboxylic acids is 2. The van der Waals surface area contributed by atoms with Gasteiger partial charge in [-0.05, 0) is 42.8 Å². The second-order valence-corrected chi connectivity index (χ2v) is 8.03. The van der Waals surface area contributed by atoms with Gasteiger partial charge >= 0.3 is 0 Å². The van der Waals surface area contributed by atoms with Crippen molar-refractivity contribution < 1.29 is 9.59 Å². The van der Waals surface area contributed by atoms with E-state index in [0.29, 0.717) is 18.7 Å². The molecule has 1 aliphatic rings. The molecule has 0 atom stereocenters. The molecule has 1 aliphatic heterocycles. The fourth-order valence-electron chi connectivity index (χ4n) is 3.79. The monoisotopic (exact) mass is 408 g/mol. The molecule has 6 nitrogen and oxygen atoms in total. The van der Waals surface area contributed by atoms with Crippen molar-refractivity contribution in [3.05, 3.63) is 70.8 Å². The first-order valence-electron chi connectivity index (χ1n) is 10.5. The molecular weight excluding hydrogens is 376 g/mol. The lowest BCUT2D eigenvalue weighted by Gasteiger charge is -2.35. The summed E-state index contributed by atoms with van der Waals surface area (Å²) in [5.41, 5.74) is 4.41. The molecule has 1 saturated heterocycles. The Balaban J connectivity index is 1.44. The molecule has 30 heavy (non-hydrogen) atoms. The Morgan fingerprint density at radius 2 is 1.67 bits per heavy atom. The third-order valence-corrected chi connectivity index (χ3v) is 5.68. The SMILES string of the molecule is CNC(=O)c1ccc(CN(C)CC(=O)N2CCN(Cc3ccccc3C)CC2)cc1. The Kier molecular flexibility index (Phi) is 7.60. The van der Waals surface area contributed by atoms with Crippen molar-refractivity contribution in [3.63, 3.8) is 0 Å². The molecule has 1 N–H and O–H groups in total. The van der Waals surface area contributed by atoms with Crippen molar-refractivity contribution in [3.8, 4) is 0 Å². The number of carbonyl (C=O) groups is 2. The maximum absolute atomic E-state index is 12.7. The number of rotatable bonds is 7. The molecule has 1 heterocycles. The molecule has 0 unspecified atom stereocenters. The number of aryl methyl sites for hydroxylation is 1. The number of nitrogens with one attached hydrogen (secondary N) is 1. The van der Waals surface area contributed by atoms with Crippen LogP contribution in [0.1, 0.15) is 27.0 Å². The van der Waals surface area contributed by atoms with Crippen molar-refractivity contribution in [2.24, 2.45) is 0 Å². The van der Waals surface area contributed by atoms with E-state index in [1.165, 1.54) is 11.1 Å². The van der Waals surface area contributed by atoms with Crippen LogP contribution in [0.25, 0.3) is 0 Å². The first-order chi connectivity index (χ1) is 14.5.